The van der Waals surface area contributed by atoms with E-state index in [1.54, 1.807) is 13.3 Å². The Morgan fingerprint density at radius 2 is 1.83 bits per heavy atom. The summed E-state index contributed by atoms with van der Waals surface area (Å²) in [6.07, 6.45) is 0.802. The lowest BCUT2D eigenvalue weighted by Gasteiger charge is -2.13. The second-order valence-electron chi connectivity index (χ2n) is 5.14. The number of rotatable bonds is 2. The summed E-state index contributed by atoms with van der Waals surface area (Å²) in [7, 11) is 1.66. The van der Waals surface area contributed by atoms with E-state index in [0.717, 1.165) is 16.7 Å². The Hall–Kier alpha value is -3.06. The zero-order valence-corrected chi connectivity index (χ0v) is 12.7. The number of alkyl carbamates (subject to hydrolysis) is 1. The highest BCUT2D eigenvalue weighted by Crippen LogP contribution is 2.24. The van der Waals surface area contributed by atoms with Crippen molar-refractivity contribution in [2.24, 2.45) is 4.99 Å². The summed E-state index contributed by atoms with van der Waals surface area (Å²) in [6, 6.07) is 17.4. The summed E-state index contributed by atoms with van der Waals surface area (Å²) in [6.45, 7) is 0. The van der Waals surface area contributed by atoms with Crippen LogP contribution in [0.1, 0.15) is 22.7 Å². The van der Waals surface area contributed by atoms with Gasteiger partial charge in [0.05, 0.1) is 6.04 Å². The first-order valence-electron chi connectivity index (χ1n) is 7.33. The molecule has 0 spiro atoms. The molecule has 114 valence electrons. The predicted molar refractivity (Wildman–Crippen MR) is 89.4 cm³/mol. The first-order chi connectivity index (χ1) is 11.3. The number of nitrogens with one attached hydrogen (secondary N) is 1. The molecule has 2 unspecified atom stereocenters. The zero-order chi connectivity index (χ0) is 16.1. The molecule has 4 heteroatoms. The second-order valence-corrected chi connectivity index (χ2v) is 5.14. The minimum atomic E-state index is -0.430. The van der Waals surface area contributed by atoms with E-state index >= 15 is 0 Å². The van der Waals surface area contributed by atoms with Crippen molar-refractivity contribution >= 4 is 12.3 Å². The van der Waals surface area contributed by atoms with Gasteiger partial charge >= 0.3 is 6.09 Å². The Bertz CT molecular complexity index is 788. The summed E-state index contributed by atoms with van der Waals surface area (Å²) in [5.74, 6) is 6.27. The highest BCUT2D eigenvalue weighted by atomic mass is 16.6. The van der Waals surface area contributed by atoms with Gasteiger partial charge in [-0.3, -0.25) is 4.99 Å². The number of aliphatic imine (C=N–C) groups is 1. The molecule has 0 radical (unpaired) electrons. The average Bonchev–Trinajstić information content (AvgIpc) is 2.95. The lowest BCUT2D eigenvalue weighted by molar-refractivity contribution is 0.161. The first kappa shape index (κ1) is 14.9. The van der Waals surface area contributed by atoms with Crippen molar-refractivity contribution in [3.63, 3.8) is 0 Å². The topological polar surface area (TPSA) is 50.7 Å². The standard InChI is InChI=1S/C19H16N2O2/c1-20-13-17-18(21-19(22)23-17)16-9-5-8-15(12-16)11-10-14-6-3-2-4-7-14/h2-9,12-13,17-18H,1H3,(H,21,22). The molecule has 2 aromatic rings. The van der Waals surface area contributed by atoms with E-state index in [9.17, 15) is 4.79 Å². The predicted octanol–water partition coefficient (Wildman–Crippen LogP) is 2.94. The van der Waals surface area contributed by atoms with Gasteiger partial charge in [-0.2, -0.15) is 0 Å². The quantitative estimate of drug-likeness (QED) is 0.685. The second kappa shape index (κ2) is 6.80. The largest absolute Gasteiger partial charge is 0.438 e. The normalized spacial score (nSPS) is 19.8. The molecular formula is C19H16N2O2. The fourth-order valence-corrected chi connectivity index (χ4v) is 2.45. The first-order valence-corrected chi connectivity index (χ1v) is 7.33. The number of carbonyl (C=O) groups is 1. The lowest BCUT2D eigenvalue weighted by Crippen LogP contribution is -2.23. The van der Waals surface area contributed by atoms with Crippen LogP contribution in [0.4, 0.5) is 4.79 Å². The monoisotopic (exact) mass is 304 g/mol. The molecule has 0 aliphatic carbocycles. The van der Waals surface area contributed by atoms with Gasteiger partial charge in [-0.15, -0.1) is 0 Å². The van der Waals surface area contributed by atoms with Crippen LogP contribution in [0.5, 0.6) is 0 Å². The SMILES string of the molecule is CN=CC1OC(=O)NC1c1cccc(C#Cc2ccccc2)c1. The molecule has 1 amide bonds. The van der Waals surface area contributed by atoms with Crippen LogP contribution in [-0.4, -0.2) is 25.5 Å². The van der Waals surface area contributed by atoms with Gasteiger partial charge in [0.15, 0.2) is 6.10 Å². The number of hydrogen-bond acceptors (Lipinski definition) is 3. The van der Waals surface area contributed by atoms with E-state index in [2.05, 4.69) is 22.2 Å². The Labute approximate surface area is 135 Å². The van der Waals surface area contributed by atoms with Crippen molar-refractivity contribution in [3.05, 3.63) is 71.3 Å². The average molecular weight is 304 g/mol. The van der Waals surface area contributed by atoms with Gasteiger partial charge in [-0.05, 0) is 29.8 Å². The van der Waals surface area contributed by atoms with Crippen LogP contribution in [0.3, 0.4) is 0 Å². The van der Waals surface area contributed by atoms with Gasteiger partial charge < -0.3 is 10.1 Å². The molecule has 0 bridgehead atoms. The van der Waals surface area contributed by atoms with Crippen LogP contribution in [0, 0.1) is 11.8 Å². The zero-order valence-electron chi connectivity index (χ0n) is 12.7. The van der Waals surface area contributed by atoms with E-state index in [1.807, 2.05) is 54.6 Å². The smallest absolute Gasteiger partial charge is 0.408 e. The van der Waals surface area contributed by atoms with E-state index in [1.165, 1.54) is 0 Å². The molecule has 1 heterocycles. The molecule has 1 saturated heterocycles. The minimum absolute atomic E-state index is 0.246. The van der Waals surface area contributed by atoms with Gasteiger partial charge in [-0.1, -0.05) is 42.2 Å². The number of cyclic esters (lactones) is 1. The van der Waals surface area contributed by atoms with E-state index < -0.39 is 12.2 Å². The molecule has 1 aliphatic rings. The molecule has 0 saturated carbocycles. The maximum atomic E-state index is 11.5. The summed E-state index contributed by atoms with van der Waals surface area (Å²) in [5.41, 5.74) is 2.80. The van der Waals surface area contributed by atoms with Crippen molar-refractivity contribution in [1.29, 1.82) is 0 Å². The Balaban J connectivity index is 1.85. The van der Waals surface area contributed by atoms with Crippen LogP contribution in [0.2, 0.25) is 0 Å². The number of nitrogens with zero attached hydrogens (tertiary/aromatic N) is 1. The van der Waals surface area contributed by atoms with Crippen molar-refractivity contribution < 1.29 is 9.53 Å². The summed E-state index contributed by atoms with van der Waals surface area (Å²) in [4.78, 5) is 15.4. The lowest BCUT2D eigenvalue weighted by atomic mass is 10.0. The van der Waals surface area contributed by atoms with Gasteiger partial charge in [0.25, 0.3) is 0 Å². The van der Waals surface area contributed by atoms with Gasteiger partial charge in [0.2, 0.25) is 0 Å². The molecule has 2 atom stereocenters. The molecule has 2 aromatic carbocycles. The van der Waals surface area contributed by atoms with Gasteiger partial charge in [-0.25, -0.2) is 4.79 Å². The third-order valence-corrected chi connectivity index (χ3v) is 3.51. The van der Waals surface area contributed by atoms with E-state index in [0.29, 0.717) is 0 Å². The van der Waals surface area contributed by atoms with Crippen LogP contribution in [0.15, 0.2) is 59.6 Å². The van der Waals surface area contributed by atoms with E-state index in [4.69, 9.17) is 4.74 Å². The number of ether oxygens (including phenoxy) is 1. The summed E-state index contributed by atoms with van der Waals surface area (Å²) < 4.78 is 5.20. The number of benzene rings is 2. The molecular weight excluding hydrogens is 288 g/mol. The maximum Gasteiger partial charge on any atom is 0.408 e. The minimum Gasteiger partial charge on any atom is -0.438 e. The van der Waals surface area contributed by atoms with Gasteiger partial charge in [0, 0.05) is 24.4 Å². The van der Waals surface area contributed by atoms with Crippen molar-refractivity contribution in [2.75, 3.05) is 7.05 Å². The molecule has 0 aromatic heterocycles. The fourth-order valence-electron chi connectivity index (χ4n) is 2.45. The van der Waals surface area contributed by atoms with E-state index in [-0.39, 0.29) is 6.04 Å². The highest BCUT2D eigenvalue weighted by molar-refractivity contribution is 5.78. The maximum absolute atomic E-state index is 11.5. The molecule has 1 N–H and O–H groups in total. The van der Waals surface area contributed by atoms with Crippen LogP contribution in [0.25, 0.3) is 0 Å². The third kappa shape index (κ3) is 3.58. The van der Waals surface area contributed by atoms with Crippen LogP contribution >= 0.6 is 0 Å². The van der Waals surface area contributed by atoms with Crippen molar-refractivity contribution in [3.8, 4) is 11.8 Å². The van der Waals surface area contributed by atoms with Gasteiger partial charge in [0.1, 0.15) is 0 Å². The Kier molecular flexibility index (Phi) is 4.39. The molecule has 1 aliphatic heterocycles. The highest BCUT2D eigenvalue weighted by Gasteiger charge is 2.33. The van der Waals surface area contributed by atoms with Crippen LogP contribution in [-0.2, 0) is 4.74 Å². The van der Waals surface area contributed by atoms with Crippen molar-refractivity contribution in [1.82, 2.24) is 5.32 Å². The van der Waals surface area contributed by atoms with Crippen molar-refractivity contribution in [2.45, 2.75) is 12.1 Å². The summed E-state index contributed by atoms with van der Waals surface area (Å²) in [5, 5.41) is 2.81. The third-order valence-electron chi connectivity index (χ3n) is 3.51. The molecule has 23 heavy (non-hydrogen) atoms. The molecule has 4 nitrogen and oxygen atoms in total. The Morgan fingerprint density at radius 3 is 2.61 bits per heavy atom. The number of carbonyl (C=O) groups excluding carboxylic acids is 1. The fraction of sp³-hybridized carbons (Fsp3) is 0.158. The molecule has 1 fully saturated rings. The summed E-state index contributed by atoms with van der Waals surface area (Å²) >= 11 is 0. The van der Waals surface area contributed by atoms with Crippen LogP contribution < -0.4 is 5.32 Å². The Morgan fingerprint density at radius 1 is 1.09 bits per heavy atom. The number of amides is 1. The molecule has 3 rings (SSSR count). The number of hydrogen-bond donors (Lipinski definition) is 1.